The molecule has 0 bridgehead atoms. The van der Waals surface area contributed by atoms with Crippen LogP contribution in [-0.2, 0) is 6.42 Å². The Morgan fingerprint density at radius 3 is 2.85 bits per heavy atom. The van der Waals surface area contributed by atoms with Gasteiger partial charge in [0.2, 0.25) is 0 Å². The lowest BCUT2D eigenvalue weighted by molar-refractivity contribution is 1.19. The van der Waals surface area contributed by atoms with Crippen LogP contribution in [0, 0.1) is 6.92 Å². The van der Waals surface area contributed by atoms with Crippen molar-refractivity contribution >= 4 is 33.0 Å². The van der Waals surface area contributed by atoms with E-state index in [0.29, 0.717) is 0 Å². The van der Waals surface area contributed by atoms with Crippen LogP contribution in [-0.4, -0.2) is 0 Å². The topological polar surface area (TPSA) is 0 Å². The van der Waals surface area contributed by atoms with Crippen molar-refractivity contribution in [2.24, 2.45) is 0 Å². The molecule has 68 valence electrons. The minimum absolute atomic E-state index is 0.911. The summed E-state index contributed by atoms with van der Waals surface area (Å²) in [6.45, 7) is 4.22. The predicted molar refractivity (Wildman–Crippen MR) is 61.0 cm³/mol. The maximum Gasteiger partial charge on any atom is 0.0522 e. The van der Waals surface area contributed by atoms with Crippen LogP contribution in [0.2, 0.25) is 5.02 Å². The molecule has 1 heterocycles. The summed E-state index contributed by atoms with van der Waals surface area (Å²) in [6.07, 6.45) is 1.09. The maximum atomic E-state index is 6.20. The zero-order chi connectivity index (χ0) is 9.42. The molecule has 0 radical (unpaired) electrons. The van der Waals surface area contributed by atoms with E-state index in [9.17, 15) is 0 Å². The molecule has 0 saturated carbocycles. The van der Waals surface area contributed by atoms with E-state index in [-0.39, 0.29) is 0 Å². The summed E-state index contributed by atoms with van der Waals surface area (Å²) in [4.78, 5) is 1.41. The van der Waals surface area contributed by atoms with E-state index in [0.717, 1.165) is 17.0 Å². The van der Waals surface area contributed by atoms with Crippen LogP contribution in [0.5, 0.6) is 0 Å². The molecule has 0 N–H and O–H groups in total. The highest BCUT2D eigenvalue weighted by Crippen LogP contribution is 2.33. The largest absolute Gasteiger partial charge is 0.140 e. The van der Waals surface area contributed by atoms with Gasteiger partial charge in [0.25, 0.3) is 0 Å². The molecule has 13 heavy (non-hydrogen) atoms. The second kappa shape index (κ2) is 3.32. The molecule has 2 heteroatoms. The maximum absolute atomic E-state index is 6.20. The predicted octanol–water partition coefficient (Wildman–Crippen LogP) is 4.43. The quantitative estimate of drug-likeness (QED) is 0.654. The average Bonchev–Trinajstić information content (AvgIpc) is 2.55. The molecule has 2 rings (SSSR count). The number of benzene rings is 1. The number of aryl methyl sites for hydroxylation is 2. The normalized spacial score (nSPS) is 11.0. The summed E-state index contributed by atoms with van der Waals surface area (Å²) in [5, 5.41) is 2.12. The van der Waals surface area contributed by atoms with Crippen molar-refractivity contribution in [3.8, 4) is 0 Å². The Kier molecular flexibility index (Phi) is 2.31. The minimum Gasteiger partial charge on any atom is -0.140 e. The van der Waals surface area contributed by atoms with Gasteiger partial charge in [-0.1, -0.05) is 24.6 Å². The van der Waals surface area contributed by atoms with E-state index in [1.807, 2.05) is 18.3 Å². The van der Waals surface area contributed by atoms with E-state index in [2.05, 4.69) is 25.1 Å². The third kappa shape index (κ3) is 1.47. The SMILES string of the molecule is CCc1cc2c(Cl)c(C)ccc2s1. The highest BCUT2D eigenvalue weighted by Gasteiger charge is 2.05. The fourth-order valence-electron chi connectivity index (χ4n) is 1.41. The number of hydrogen-bond donors (Lipinski definition) is 0. The molecule has 0 saturated heterocycles. The van der Waals surface area contributed by atoms with Gasteiger partial charge in [0.05, 0.1) is 5.02 Å². The molecule has 0 aliphatic rings. The monoisotopic (exact) mass is 210 g/mol. The molecule has 0 nitrogen and oxygen atoms in total. The number of fused-ring (bicyclic) bond motifs is 1. The van der Waals surface area contributed by atoms with Crippen LogP contribution in [0.15, 0.2) is 18.2 Å². The molecule has 1 aromatic carbocycles. The van der Waals surface area contributed by atoms with Gasteiger partial charge in [-0.05, 0) is 31.0 Å². The molecule has 0 atom stereocenters. The van der Waals surface area contributed by atoms with Crippen LogP contribution in [0.1, 0.15) is 17.4 Å². The van der Waals surface area contributed by atoms with Crippen LogP contribution >= 0.6 is 22.9 Å². The summed E-state index contributed by atoms with van der Waals surface area (Å²) >= 11 is 8.04. The van der Waals surface area contributed by atoms with Gasteiger partial charge in [0.1, 0.15) is 0 Å². The number of hydrogen-bond acceptors (Lipinski definition) is 1. The Balaban J connectivity index is 2.76. The Bertz CT molecular complexity index is 443. The lowest BCUT2D eigenvalue weighted by Gasteiger charge is -1.97. The highest BCUT2D eigenvalue weighted by molar-refractivity contribution is 7.19. The Morgan fingerprint density at radius 2 is 2.15 bits per heavy atom. The van der Waals surface area contributed by atoms with Crippen molar-refractivity contribution < 1.29 is 0 Å². The first kappa shape index (κ1) is 9.04. The molecule has 0 fully saturated rings. The molecule has 0 unspecified atom stereocenters. The second-order valence-corrected chi connectivity index (χ2v) is 4.72. The Labute approximate surface area is 87.2 Å². The Hall–Kier alpha value is -0.530. The summed E-state index contributed by atoms with van der Waals surface area (Å²) in [5.41, 5.74) is 1.16. The van der Waals surface area contributed by atoms with E-state index in [4.69, 9.17) is 11.6 Å². The zero-order valence-electron chi connectivity index (χ0n) is 7.73. The van der Waals surface area contributed by atoms with Gasteiger partial charge in [0.15, 0.2) is 0 Å². The van der Waals surface area contributed by atoms with Gasteiger partial charge in [-0.15, -0.1) is 11.3 Å². The fraction of sp³-hybridized carbons (Fsp3) is 0.273. The lowest BCUT2D eigenvalue weighted by atomic mass is 10.2. The first-order chi connectivity index (χ1) is 6.22. The van der Waals surface area contributed by atoms with Gasteiger partial charge < -0.3 is 0 Å². The second-order valence-electron chi connectivity index (χ2n) is 3.17. The van der Waals surface area contributed by atoms with Gasteiger partial charge >= 0.3 is 0 Å². The zero-order valence-corrected chi connectivity index (χ0v) is 9.30. The number of thiophene rings is 1. The van der Waals surface area contributed by atoms with Crippen molar-refractivity contribution in [1.29, 1.82) is 0 Å². The van der Waals surface area contributed by atoms with Crippen molar-refractivity contribution in [2.45, 2.75) is 20.3 Å². The molecular formula is C11H11ClS. The summed E-state index contributed by atoms with van der Waals surface area (Å²) in [6, 6.07) is 6.44. The van der Waals surface area contributed by atoms with Crippen molar-refractivity contribution in [3.05, 3.63) is 33.7 Å². The summed E-state index contributed by atoms with van der Waals surface area (Å²) in [7, 11) is 0. The fourth-order valence-corrected chi connectivity index (χ4v) is 2.70. The van der Waals surface area contributed by atoms with Gasteiger partial charge in [-0.2, -0.15) is 0 Å². The third-order valence-electron chi connectivity index (χ3n) is 2.23. The third-order valence-corrected chi connectivity index (χ3v) is 3.97. The van der Waals surface area contributed by atoms with Crippen LogP contribution in [0.25, 0.3) is 10.1 Å². The van der Waals surface area contributed by atoms with E-state index in [1.165, 1.54) is 15.0 Å². The number of halogens is 1. The van der Waals surface area contributed by atoms with Crippen molar-refractivity contribution in [3.63, 3.8) is 0 Å². The van der Waals surface area contributed by atoms with E-state index >= 15 is 0 Å². The van der Waals surface area contributed by atoms with Crippen LogP contribution < -0.4 is 0 Å². The highest BCUT2D eigenvalue weighted by atomic mass is 35.5. The van der Waals surface area contributed by atoms with Gasteiger partial charge in [0, 0.05) is 15.0 Å². The first-order valence-electron chi connectivity index (χ1n) is 4.40. The molecule has 0 aliphatic carbocycles. The molecule has 2 aromatic rings. The summed E-state index contributed by atoms with van der Waals surface area (Å²) in [5.74, 6) is 0. The van der Waals surface area contributed by atoms with Crippen molar-refractivity contribution in [2.75, 3.05) is 0 Å². The van der Waals surface area contributed by atoms with E-state index in [1.54, 1.807) is 0 Å². The molecule has 1 aromatic heterocycles. The smallest absolute Gasteiger partial charge is 0.0522 e. The minimum atomic E-state index is 0.911. The summed E-state index contributed by atoms with van der Waals surface area (Å²) < 4.78 is 1.30. The van der Waals surface area contributed by atoms with Crippen LogP contribution in [0.3, 0.4) is 0 Å². The molecule has 0 spiro atoms. The standard InChI is InChI=1S/C11H11ClS/c1-3-8-6-9-10(13-8)5-4-7(2)11(9)12/h4-6H,3H2,1-2H3. The Morgan fingerprint density at radius 1 is 1.38 bits per heavy atom. The van der Waals surface area contributed by atoms with Crippen LogP contribution in [0.4, 0.5) is 0 Å². The van der Waals surface area contributed by atoms with Gasteiger partial charge in [-0.25, -0.2) is 0 Å². The lowest BCUT2D eigenvalue weighted by Crippen LogP contribution is -1.73. The molecular weight excluding hydrogens is 200 g/mol. The average molecular weight is 211 g/mol. The first-order valence-corrected chi connectivity index (χ1v) is 5.59. The molecule has 0 aliphatic heterocycles. The van der Waals surface area contributed by atoms with Crippen molar-refractivity contribution in [1.82, 2.24) is 0 Å². The van der Waals surface area contributed by atoms with Gasteiger partial charge in [-0.3, -0.25) is 0 Å². The number of rotatable bonds is 1. The molecule has 0 amide bonds. The van der Waals surface area contributed by atoms with E-state index < -0.39 is 0 Å².